The smallest absolute Gasteiger partial charge is 0.165 e. The molecule has 0 bridgehead atoms. The highest BCUT2D eigenvalue weighted by Gasteiger charge is 2.25. The molecule has 0 heterocycles. The summed E-state index contributed by atoms with van der Waals surface area (Å²) in [4.78, 5) is 11.7. The third kappa shape index (κ3) is 1.50. The lowest BCUT2D eigenvalue weighted by Gasteiger charge is -2.22. The van der Waals surface area contributed by atoms with Gasteiger partial charge in [0.25, 0.3) is 0 Å². The number of allylic oxidation sites excluding steroid dienone is 3. The van der Waals surface area contributed by atoms with Crippen LogP contribution >= 0.6 is 0 Å². The van der Waals surface area contributed by atoms with Gasteiger partial charge in [-0.05, 0) is 39.2 Å². The van der Waals surface area contributed by atoms with Crippen LogP contribution in [0.15, 0.2) is 23.3 Å². The molecule has 1 atom stereocenters. The predicted molar refractivity (Wildman–Crippen MR) is 50.9 cm³/mol. The molecule has 1 heteroatoms. The van der Waals surface area contributed by atoms with Gasteiger partial charge in [-0.1, -0.05) is 17.7 Å². The van der Waals surface area contributed by atoms with E-state index in [2.05, 4.69) is 6.58 Å². The Bertz CT molecular complexity index is 258. The van der Waals surface area contributed by atoms with Gasteiger partial charge in [-0.15, -0.1) is 0 Å². The van der Waals surface area contributed by atoms with E-state index in [-0.39, 0.29) is 11.7 Å². The zero-order valence-electron chi connectivity index (χ0n) is 8.11. The van der Waals surface area contributed by atoms with Crippen LogP contribution in [0, 0.1) is 5.92 Å². The van der Waals surface area contributed by atoms with E-state index >= 15 is 0 Å². The van der Waals surface area contributed by atoms with Gasteiger partial charge < -0.3 is 0 Å². The molecule has 0 fully saturated rings. The molecule has 0 saturated carbocycles. The lowest BCUT2D eigenvalue weighted by molar-refractivity contribution is -0.118. The van der Waals surface area contributed by atoms with Gasteiger partial charge in [-0.25, -0.2) is 0 Å². The van der Waals surface area contributed by atoms with E-state index in [1.807, 2.05) is 20.8 Å². The number of hydrogen-bond donors (Lipinski definition) is 0. The molecule has 0 N–H and O–H groups in total. The van der Waals surface area contributed by atoms with Gasteiger partial charge >= 0.3 is 0 Å². The van der Waals surface area contributed by atoms with Crippen molar-refractivity contribution in [3.8, 4) is 0 Å². The minimum atomic E-state index is 0.0914. The lowest BCUT2D eigenvalue weighted by atomic mass is 9.81. The predicted octanol–water partition coefficient (Wildman–Crippen LogP) is 2.88. The fourth-order valence-electron chi connectivity index (χ4n) is 1.62. The summed E-state index contributed by atoms with van der Waals surface area (Å²) >= 11 is 0. The van der Waals surface area contributed by atoms with Gasteiger partial charge in [-0.2, -0.15) is 0 Å². The van der Waals surface area contributed by atoms with E-state index in [0.29, 0.717) is 0 Å². The fourth-order valence-corrected chi connectivity index (χ4v) is 1.62. The van der Waals surface area contributed by atoms with Crippen molar-refractivity contribution in [1.29, 1.82) is 0 Å². The Labute approximate surface area is 74.2 Å². The third-order valence-electron chi connectivity index (χ3n) is 2.73. The highest BCUT2D eigenvalue weighted by atomic mass is 16.1. The average molecular weight is 164 g/mol. The number of rotatable bonds is 1. The maximum absolute atomic E-state index is 11.7. The summed E-state index contributed by atoms with van der Waals surface area (Å²) in [5.74, 6) is 0.375. The molecule has 1 aliphatic rings. The van der Waals surface area contributed by atoms with Gasteiger partial charge in [0.05, 0.1) is 0 Å². The number of hydrogen-bond acceptors (Lipinski definition) is 1. The Morgan fingerprint density at radius 1 is 1.50 bits per heavy atom. The largest absolute Gasteiger partial charge is 0.294 e. The van der Waals surface area contributed by atoms with E-state index in [9.17, 15) is 4.79 Å². The summed E-state index contributed by atoms with van der Waals surface area (Å²) in [6.45, 7) is 9.75. The summed E-state index contributed by atoms with van der Waals surface area (Å²) < 4.78 is 0. The number of carbonyl (C=O) groups excluding carboxylic acids is 1. The summed E-state index contributed by atoms with van der Waals surface area (Å²) in [7, 11) is 0. The Hall–Kier alpha value is -0.850. The molecule has 0 amide bonds. The highest BCUT2D eigenvalue weighted by molar-refractivity contribution is 5.99. The first-order valence-corrected chi connectivity index (χ1v) is 4.40. The molecule has 0 radical (unpaired) electrons. The summed E-state index contributed by atoms with van der Waals surface area (Å²) in [6.07, 6.45) is 2.01. The van der Waals surface area contributed by atoms with Crippen molar-refractivity contribution in [2.75, 3.05) is 0 Å². The maximum Gasteiger partial charge on any atom is 0.165 e. The molecular weight excluding hydrogens is 148 g/mol. The summed E-state index contributed by atoms with van der Waals surface area (Å²) in [6, 6.07) is 0. The summed E-state index contributed by atoms with van der Waals surface area (Å²) in [5.41, 5.74) is 3.21. The summed E-state index contributed by atoms with van der Waals surface area (Å²) in [5, 5.41) is 0. The van der Waals surface area contributed by atoms with Crippen LogP contribution in [0.1, 0.15) is 33.6 Å². The van der Waals surface area contributed by atoms with E-state index < -0.39 is 0 Å². The second-order valence-electron chi connectivity index (χ2n) is 3.71. The number of carbonyl (C=O) groups is 1. The van der Waals surface area contributed by atoms with Crippen molar-refractivity contribution >= 4 is 5.78 Å². The molecule has 66 valence electrons. The maximum atomic E-state index is 11.7. The molecule has 0 aliphatic heterocycles. The minimum absolute atomic E-state index is 0.0914. The topological polar surface area (TPSA) is 17.1 Å². The van der Waals surface area contributed by atoms with Crippen molar-refractivity contribution in [2.45, 2.75) is 33.6 Å². The van der Waals surface area contributed by atoms with Crippen LogP contribution in [0.4, 0.5) is 0 Å². The van der Waals surface area contributed by atoms with Gasteiger partial charge in [0.1, 0.15) is 0 Å². The number of Topliss-reactive ketones (excluding diaryl/α,β-unsaturated/α-hetero) is 1. The van der Waals surface area contributed by atoms with Crippen molar-refractivity contribution in [3.63, 3.8) is 0 Å². The molecule has 0 aromatic carbocycles. The van der Waals surface area contributed by atoms with Crippen LogP contribution in [0.5, 0.6) is 0 Å². The Kier molecular flexibility index (Phi) is 2.51. The lowest BCUT2D eigenvalue weighted by Crippen LogP contribution is -2.21. The second kappa shape index (κ2) is 3.26. The molecule has 1 aliphatic carbocycles. The Morgan fingerprint density at radius 3 is 2.58 bits per heavy atom. The monoisotopic (exact) mass is 164 g/mol. The van der Waals surface area contributed by atoms with Crippen molar-refractivity contribution < 1.29 is 4.79 Å². The van der Waals surface area contributed by atoms with Crippen LogP contribution in [0.3, 0.4) is 0 Å². The molecule has 1 unspecified atom stereocenters. The molecule has 0 saturated heterocycles. The van der Waals surface area contributed by atoms with Gasteiger partial charge in [0.2, 0.25) is 0 Å². The Balaban J connectivity index is 2.91. The Morgan fingerprint density at radius 2 is 2.08 bits per heavy atom. The van der Waals surface area contributed by atoms with Crippen molar-refractivity contribution in [1.82, 2.24) is 0 Å². The van der Waals surface area contributed by atoms with Gasteiger partial charge in [0, 0.05) is 5.92 Å². The average Bonchev–Trinajstić information content (AvgIpc) is 2.00. The van der Waals surface area contributed by atoms with Crippen LogP contribution in [0.2, 0.25) is 0 Å². The zero-order valence-corrected chi connectivity index (χ0v) is 8.11. The molecular formula is C11H16O. The first kappa shape index (κ1) is 9.24. The highest BCUT2D eigenvalue weighted by Crippen LogP contribution is 2.29. The SMILES string of the molecule is C=C(C)C1CCC(C)=C(C)C1=O. The van der Waals surface area contributed by atoms with Gasteiger partial charge in [-0.3, -0.25) is 4.79 Å². The molecule has 0 spiro atoms. The first-order valence-electron chi connectivity index (χ1n) is 4.40. The standard InChI is InChI=1S/C11H16O/c1-7(2)10-6-5-8(3)9(4)11(10)12/h10H,1,5-6H2,2-4H3. The quantitative estimate of drug-likeness (QED) is 0.545. The van der Waals surface area contributed by atoms with Crippen LogP contribution in [0.25, 0.3) is 0 Å². The van der Waals surface area contributed by atoms with Gasteiger partial charge in [0.15, 0.2) is 5.78 Å². The van der Waals surface area contributed by atoms with E-state index in [1.54, 1.807) is 0 Å². The normalized spacial score (nSPS) is 24.6. The third-order valence-corrected chi connectivity index (χ3v) is 2.73. The van der Waals surface area contributed by atoms with Crippen LogP contribution in [-0.2, 0) is 4.79 Å². The second-order valence-corrected chi connectivity index (χ2v) is 3.71. The van der Waals surface area contributed by atoms with Crippen molar-refractivity contribution in [3.05, 3.63) is 23.3 Å². The number of ketones is 1. The molecule has 1 rings (SSSR count). The molecule has 0 aromatic heterocycles. The van der Waals surface area contributed by atoms with Crippen LogP contribution in [-0.4, -0.2) is 5.78 Å². The first-order chi connectivity index (χ1) is 5.54. The molecule has 1 nitrogen and oxygen atoms in total. The minimum Gasteiger partial charge on any atom is -0.294 e. The molecule has 12 heavy (non-hydrogen) atoms. The van der Waals surface area contributed by atoms with E-state index in [1.165, 1.54) is 5.57 Å². The van der Waals surface area contributed by atoms with Crippen molar-refractivity contribution in [2.24, 2.45) is 5.92 Å². The fraction of sp³-hybridized carbons (Fsp3) is 0.545. The molecule has 0 aromatic rings. The zero-order chi connectivity index (χ0) is 9.30. The van der Waals surface area contributed by atoms with E-state index in [4.69, 9.17) is 0 Å². The van der Waals surface area contributed by atoms with E-state index in [0.717, 1.165) is 24.0 Å². The van der Waals surface area contributed by atoms with Crippen LogP contribution < -0.4 is 0 Å².